The van der Waals surface area contributed by atoms with Crippen molar-refractivity contribution in [3.05, 3.63) is 35.3 Å². The van der Waals surface area contributed by atoms with Crippen LogP contribution in [0.15, 0.2) is 34.1 Å². The van der Waals surface area contributed by atoms with Gasteiger partial charge in [0.1, 0.15) is 4.34 Å². The first kappa shape index (κ1) is 15.4. The Bertz CT molecular complexity index is 637. The molecule has 22 heavy (non-hydrogen) atoms. The van der Waals surface area contributed by atoms with Crippen molar-refractivity contribution >= 4 is 40.4 Å². The Balaban J connectivity index is 1.58. The lowest BCUT2D eigenvalue weighted by Crippen LogP contribution is -2.18. The first-order chi connectivity index (χ1) is 10.7. The van der Waals surface area contributed by atoms with Crippen LogP contribution in [0.3, 0.4) is 0 Å². The van der Waals surface area contributed by atoms with Gasteiger partial charge in [0, 0.05) is 36.0 Å². The molecule has 0 radical (unpaired) electrons. The molecule has 1 saturated heterocycles. The molecular weight excluding hydrogens is 314 g/mol. The lowest BCUT2D eigenvalue weighted by atomic mass is 10.1. The number of aromatic nitrogens is 1. The number of carbonyl (C=O) groups is 1. The fraction of sp³-hybridized carbons (Fsp3) is 0.375. The van der Waals surface area contributed by atoms with Crippen molar-refractivity contribution in [3.8, 4) is 0 Å². The molecule has 0 unspecified atom stereocenters. The van der Waals surface area contributed by atoms with Gasteiger partial charge in [0.05, 0.1) is 5.75 Å². The Morgan fingerprint density at radius 1 is 1.41 bits per heavy atom. The summed E-state index contributed by atoms with van der Waals surface area (Å²) in [5.74, 6) is 0.401. The molecule has 4 nitrogen and oxygen atoms in total. The molecule has 3 rings (SSSR count). The third kappa shape index (κ3) is 3.81. The van der Waals surface area contributed by atoms with Gasteiger partial charge in [0.15, 0.2) is 0 Å². The second kappa shape index (κ2) is 7.15. The second-order valence-electron chi connectivity index (χ2n) is 5.33. The maximum absolute atomic E-state index is 12.0. The number of anilines is 2. The van der Waals surface area contributed by atoms with Gasteiger partial charge in [-0.15, -0.1) is 11.3 Å². The quantitative estimate of drug-likeness (QED) is 0.846. The molecule has 0 bridgehead atoms. The molecular formula is C16H19N3OS2. The average molecular weight is 333 g/mol. The Kier molecular flexibility index (Phi) is 5.00. The molecule has 0 spiro atoms. The van der Waals surface area contributed by atoms with Gasteiger partial charge < -0.3 is 10.2 Å². The zero-order chi connectivity index (χ0) is 15.4. The lowest BCUT2D eigenvalue weighted by Gasteiger charge is -2.19. The van der Waals surface area contributed by atoms with Gasteiger partial charge >= 0.3 is 0 Å². The third-order valence-corrected chi connectivity index (χ3v) is 5.66. The Labute approximate surface area is 138 Å². The summed E-state index contributed by atoms with van der Waals surface area (Å²) in [6.07, 6.45) is 4.29. The molecule has 1 aromatic heterocycles. The molecule has 1 fully saturated rings. The SMILES string of the molecule is Cc1cc(N2CCCC2)ccc1NC(=O)CSc1nccs1. The maximum Gasteiger partial charge on any atom is 0.234 e. The number of aryl methyl sites for hydroxylation is 1. The zero-order valence-electron chi connectivity index (χ0n) is 12.5. The summed E-state index contributed by atoms with van der Waals surface area (Å²) in [5, 5.41) is 4.91. The Hall–Kier alpha value is -1.53. The molecule has 1 N–H and O–H groups in total. The summed E-state index contributed by atoms with van der Waals surface area (Å²) < 4.78 is 0.927. The van der Waals surface area contributed by atoms with Crippen LogP contribution < -0.4 is 10.2 Å². The van der Waals surface area contributed by atoms with Crippen LogP contribution in [0.5, 0.6) is 0 Å². The lowest BCUT2D eigenvalue weighted by molar-refractivity contribution is -0.113. The van der Waals surface area contributed by atoms with Crippen molar-refractivity contribution in [1.82, 2.24) is 4.98 Å². The van der Waals surface area contributed by atoms with Crippen molar-refractivity contribution in [3.63, 3.8) is 0 Å². The van der Waals surface area contributed by atoms with Gasteiger partial charge in [-0.1, -0.05) is 11.8 Å². The molecule has 1 aliphatic heterocycles. The van der Waals surface area contributed by atoms with Gasteiger partial charge in [0.25, 0.3) is 0 Å². The number of hydrogen-bond acceptors (Lipinski definition) is 5. The highest BCUT2D eigenvalue weighted by Gasteiger charge is 2.13. The number of rotatable bonds is 5. The summed E-state index contributed by atoms with van der Waals surface area (Å²) in [6, 6.07) is 6.27. The predicted molar refractivity (Wildman–Crippen MR) is 94.1 cm³/mol. The number of nitrogens with one attached hydrogen (secondary N) is 1. The van der Waals surface area contributed by atoms with Crippen LogP contribution in [0.25, 0.3) is 0 Å². The van der Waals surface area contributed by atoms with E-state index in [0.29, 0.717) is 5.75 Å². The highest BCUT2D eigenvalue weighted by Crippen LogP contribution is 2.26. The third-order valence-electron chi connectivity index (χ3n) is 3.69. The van der Waals surface area contributed by atoms with Crippen LogP contribution in [-0.4, -0.2) is 29.7 Å². The summed E-state index contributed by atoms with van der Waals surface area (Å²) in [4.78, 5) is 18.6. The number of nitrogens with zero attached hydrogens (tertiary/aromatic N) is 2. The highest BCUT2D eigenvalue weighted by molar-refractivity contribution is 8.01. The second-order valence-corrected chi connectivity index (χ2v) is 7.45. The van der Waals surface area contributed by atoms with Crippen LogP contribution >= 0.6 is 23.1 Å². The number of thioether (sulfide) groups is 1. The van der Waals surface area contributed by atoms with Crippen molar-refractivity contribution < 1.29 is 4.79 Å². The summed E-state index contributed by atoms with van der Waals surface area (Å²) in [6.45, 7) is 4.31. The molecule has 2 heterocycles. The van der Waals surface area contributed by atoms with Gasteiger partial charge in [0.2, 0.25) is 5.91 Å². The number of benzene rings is 1. The number of hydrogen-bond donors (Lipinski definition) is 1. The number of amides is 1. The molecule has 1 aromatic carbocycles. The summed E-state index contributed by atoms with van der Waals surface area (Å²) in [7, 11) is 0. The number of carbonyl (C=O) groups excluding carboxylic acids is 1. The van der Waals surface area contributed by atoms with Gasteiger partial charge in [-0.05, 0) is 43.5 Å². The van der Waals surface area contributed by atoms with E-state index in [0.717, 1.165) is 28.7 Å². The zero-order valence-corrected chi connectivity index (χ0v) is 14.2. The largest absolute Gasteiger partial charge is 0.372 e. The fourth-order valence-corrected chi connectivity index (χ4v) is 3.99. The molecule has 0 saturated carbocycles. The van der Waals surface area contributed by atoms with E-state index in [1.807, 2.05) is 18.4 Å². The summed E-state index contributed by atoms with van der Waals surface area (Å²) in [5.41, 5.74) is 3.26. The molecule has 0 atom stereocenters. The summed E-state index contributed by atoms with van der Waals surface area (Å²) >= 11 is 3.03. The average Bonchev–Trinajstić information content (AvgIpc) is 3.20. The van der Waals surface area contributed by atoms with E-state index in [1.54, 1.807) is 17.5 Å². The molecule has 2 aromatic rings. The van der Waals surface area contributed by atoms with E-state index in [-0.39, 0.29) is 5.91 Å². The molecule has 116 valence electrons. The van der Waals surface area contributed by atoms with Crippen molar-refractivity contribution in [2.75, 3.05) is 29.1 Å². The predicted octanol–water partition coefficient (Wildman–Crippen LogP) is 3.78. The van der Waals surface area contributed by atoms with Crippen LogP contribution in [0.1, 0.15) is 18.4 Å². The van der Waals surface area contributed by atoms with E-state index in [4.69, 9.17) is 0 Å². The number of thiazole rings is 1. The minimum Gasteiger partial charge on any atom is -0.372 e. The Morgan fingerprint density at radius 2 is 2.23 bits per heavy atom. The van der Waals surface area contributed by atoms with Gasteiger partial charge in [-0.3, -0.25) is 4.79 Å². The first-order valence-electron chi connectivity index (χ1n) is 7.40. The van der Waals surface area contributed by atoms with Crippen molar-refractivity contribution in [1.29, 1.82) is 0 Å². The van der Waals surface area contributed by atoms with E-state index < -0.39 is 0 Å². The standard InChI is InChI=1S/C16H19N3OS2/c1-12-10-13(19-7-2-3-8-19)4-5-14(12)18-15(20)11-22-16-17-6-9-21-16/h4-6,9-10H,2-3,7-8,11H2,1H3,(H,18,20). The van der Waals surface area contributed by atoms with E-state index in [2.05, 4.69) is 27.3 Å². The van der Waals surface area contributed by atoms with E-state index in [9.17, 15) is 4.79 Å². The topological polar surface area (TPSA) is 45.2 Å². The minimum absolute atomic E-state index is 0.0113. The van der Waals surface area contributed by atoms with Crippen LogP contribution in [0.4, 0.5) is 11.4 Å². The van der Waals surface area contributed by atoms with Crippen LogP contribution in [-0.2, 0) is 4.79 Å². The molecule has 1 amide bonds. The smallest absolute Gasteiger partial charge is 0.234 e. The Morgan fingerprint density at radius 3 is 2.91 bits per heavy atom. The van der Waals surface area contributed by atoms with Gasteiger partial charge in [-0.25, -0.2) is 4.98 Å². The van der Waals surface area contributed by atoms with Crippen molar-refractivity contribution in [2.24, 2.45) is 0 Å². The molecule has 1 aliphatic rings. The first-order valence-corrected chi connectivity index (χ1v) is 9.26. The van der Waals surface area contributed by atoms with Crippen LogP contribution in [0, 0.1) is 6.92 Å². The van der Waals surface area contributed by atoms with Crippen LogP contribution in [0.2, 0.25) is 0 Å². The van der Waals surface area contributed by atoms with Crippen molar-refractivity contribution in [2.45, 2.75) is 24.1 Å². The highest BCUT2D eigenvalue weighted by atomic mass is 32.2. The monoisotopic (exact) mass is 333 g/mol. The molecule has 0 aliphatic carbocycles. The minimum atomic E-state index is 0.0113. The normalized spacial score (nSPS) is 14.3. The van der Waals surface area contributed by atoms with E-state index in [1.165, 1.54) is 30.3 Å². The molecule has 6 heteroatoms. The van der Waals surface area contributed by atoms with E-state index >= 15 is 0 Å². The maximum atomic E-state index is 12.0. The fourth-order valence-electron chi connectivity index (χ4n) is 2.56. The van der Waals surface area contributed by atoms with Gasteiger partial charge in [-0.2, -0.15) is 0 Å².